The molecule has 1 aliphatic rings. The highest BCUT2D eigenvalue weighted by Gasteiger charge is 2.21. The van der Waals surface area contributed by atoms with Crippen molar-refractivity contribution in [3.05, 3.63) is 29.7 Å². The number of carbonyl (C=O) groups excluding carboxylic acids is 1. The van der Waals surface area contributed by atoms with Crippen LogP contribution in [0.5, 0.6) is 0 Å². The molecule has 2 rings (SSSR count). The highest BCUT2D eigenvalue weighted by molar-refractivity contribution is 7.91. The van der Waals surface area contributed by atoms with E-state index in [4.69, 9.17) is 4.74 Å². The first kappa shape index (κ1) is 18.2. The molecule has 1 aromatic heterocycles. The SMILES string of the molecule is CN(CCCC(=O)OCC1CC=CCC1)S(=O)(=O)c1cccs1. The number of hydrogen-bond donors (Lipinski definition) is 0. The van der Waals surface area contributed by atoms with Gasteiger partial charge in [0.05, 0.1) is 6.61 Å². The summed E-state index contributed by atoms with van der Waals surface area (Å²) >= 11 is 1.20. The van der Waals surface area contributed by atoms with E-state index in [-0.39, 0.29) is 12.4 Å². The smallest absolute Gasteiger partial charge is 0.305 e. The highest BCUT2D eigenvalue weighted by Crippen LogP contribution is 2.20. The topological polar surface area (TPSA) is 63.7 Å². The predicted molar refractivity (Wildman–Crippen MR) is 90.8 cm³/mol. The van der Waals surface area contributed by atoms with E-state index in [0.717, 1.165) is 19.3 Å². The van der Waals surface area contributed by atoms with Crippen molar-refractivity contribution in [2.45, 2.75) is 36.3 Å². The van der Waals surface area contributed by atoms with Gasteiger partial charge in [0.2, 0.25) is 0 Å². The Morgan fingerprint density at radius 1 is 1.43 bits per heavy atom. The van der Waals surface area contributed by atoms with Crippen LogP contribution in [0, 0.1) is 5.92 Å². The molecule has 23 heavy (non-hydrogen) atoms. The van der Waals surface area contributed by atoms with Gasteiger partial charge in [0, 0.05) is 20.0 Å². The largest absolute Gasteiger partial charge is 0.465 e. The van der Waals surface area contributed by atoms with E-state index in [9.17, 15) is 13.2 Å². The van der Waals surface area contributed by atoms with E-state index in [0.29, 0.717) is 29.7 Å². The van der Waals surface area contributed by atoms with Crippen molar-refractivity contribution >= 4 is 27.3 Å². The molecular weight excluding hydrogens is 334 g/mol. The fourth-order valence-corrected chi connectivity index (χ4v) is 4.83. The van der Waals surface area contributed by atoms with Crippen LogP contribution in [0.3, 0.4) is 0 Å². The third kappa shape index (κ3) is 5.44. The van der Waals surface area contributed by atoms with Gasteiger partial charge in [-0.15, -0.1) is 11.3 Å². The maximum atomic E-state index is 12.2. The average molecular weight is 357 g/mol. The molecule has 0 amide bonds. The Hall–Kier alpha value is -1.18. The van der Waals surface area contributed by atoms with Gasteiger partial charge in [-0.2, -0.15) is 0 Å². The fraction of sp³-hybridized carbons (Fsp3) is 0.562. The molecule has 0 aliphatic heterocycles. The van der Waals surface area contributed by atoms with Crippen LogP contribution in [0.25, 0.3) is 0 Å². The minimum atomic E-state index is -3.43. The van der Waals surface area contributed by atoms with Crippen LogP contribution in [-0.4, -0.2) is 38.9 Å². The van der Waals surface area contributed by atoms with Crippen molar-refractivity contribution in [2.75, 3.05) is 20.2 Å². The summed E-state index contributed by atoms with van der Waals surface area (Å²) in [6.45, 7) is 0.772. The Labute approximate surface area is 142 Å². The van der Waals surface area contributed by atoms with Gasteiger partial charge in [0.25, 0.3) is 10.0 Å². The minimum absolute atomic E-state index is 0.243. The number of allylic oxidation sites excluding steroid dienone is 2. The van der Waals surface area contributed by atoms with E-state index in [1.165, 1.54) is 22.7 Å². The molecule has 5 nitrogen and oxygen atoms in total. The number of rotatable bonds is 8. The lowest BCUT2D eigenvalue weighted by Crippen LogP contribution is -2.28. The monoisotopic (exact) mass is 357 g/mol. The van der Waals surface area contributed by atoms with Gasteiger partial charge < -0.3 is 4.74 Å². The van der Waals surface area contributed by atoms with Crippen LogP contribution >= 0.6 is 11.3 Å². The Morgan fingerprint density at radius 3 is 2.91 bits per heavy atom. The fourth-order valence-electron chi connectivity index (χ4n) is 2.42. The summed E-state index contributed by atoms with van der Waals surface area (Å²) in [7, 11) is -1.89. The number of nitrogens with zero attached hydrogens (tertiary/aromatic N) is 1. The number of esters is 1. The predicted octanol–water partition coefficient (Wildman–Crippen LogP) is 3.05. The third-order valence-electron chi connectivity index (χ3n) is 3.87. The maximum Gasteiger partial charge on any atom is 0.305 e. The van der Waals surface area contributed by atoms with Crippen molar-refractivity contribution in [2.24, 2.45) is 5.92 Å². The molecule has 1 atom stereocenters. The molecule has 0 fully saturated rings. The molecule has 0 aromatic carbocycles. The van der Waals surface area contributed by atoms with Crippen LogP contribution < -0.4 is 0 Å². The zero-order valence-corrected chi connectivity index (χ0v) is 14.9. The molecule has 1 aliphatic carbocycles. The normalized spacial score (nSPS) is 18.3. The summed E-state index contributed by atoms with van der Waals surface area (Å²) in [5, 5.41) is 1.73. The van der Waals surface area contributed by atoms with Crippen LogP contribution in [0.4, 0.5) is 0 Å². The van der Waals surface area contributed by atoms with Crippen molar-refractivity contribution in [3.8, 4) is 0 Å². The van der Waals surface area contributed by atoms with E-state index in [1.54, 1.807) is 17.5 Å². The number of carbonyl (C=O) groups is 1. The van der Waals surface area contributed by atoms with E-state index < -0.39 is 10.0 Å². The number of thiophene rings is 1. The zero-order chi connectivity index (χ0) is 16.7. The van der Waals surface area contributed by atoms with Gasteiger partial charge >= 0.3 is 5.97 Å². The van der Waals surface area contributed by atoms with Crippen LogP contribution in [0.2, 0.25) is 0 Å². The third-order valence-corrected chi connectivity index (χ3v) is 7.10. The van der Waals surface area contributed by atoms with Gasteiger partial charge in [-0.25, -0.2) is 12.7 Å². The van der Waals surface area contributed by atoms with Gasteiger partial charge in [-0.05, 0) is 43.0 Å². The Kier molecular flexibility index (Phi) is 6.80. The second kappa shape index (κ2) is 8.61. The molecule has 1 heterocycles. The number of sulfonamides is 1. The first-order valence-electron chi connectivity index (χ1n) is 7.80. The minimum Gasteiger partial charge on any atom is -0.465 e. The van der Waals surface area contributed by atoms with Gasteiger partial charge in [0.1, 0.15) is 4.21 Å². The lowest BCUT2D eigenvalue weighted by Gasteiger charge is -2.18. The molecule has 7 heteroatoms. The molecule has 128 valence electrons. The van der Waals surface area contributed by atoms with E-state index >= 15 is 0 Å². The van der Waals surface area contributed by atoms with Crippen LogP contribution in [0.15, 0.2) is 33.9 Å². The summed E-state index contributed by atoms with van der Waals surface area (Å²) in [6, 6.07) is 3.30. The summed E-state index contributed by atoms with van der Waals surface area (Å²) in [5.41, 5.74) is 0. The van der Waals surface area contributed by atoms with Gasteiger partial charge in [0.15, 0.2) is 0 Å². The summed E-state index contributed by atoms with van der Waals surface area (Å²) in [5.74, 6) is 0.173. The number of ether oxygens (including phenoxy) is 1. The molecule has 0 spiro atoms. The molecule has 0 bridgehead atoms. The molecule has 1 unspecified atom stereocenters. The van der Waals surface area contributed by atoms with Gasteiger partial charge in [-0.1, -0.05) is 18.2 Å². The highest BCUT2D eigenvalue weighted by atomic mass is 32.2. The summed E-state index contributed by atoms with van der Waals surface area (Å²) < 4.78 is 31.3. The second-order valence-electron chi connectivity index (χ2n) is 5.70. The lowest BCUT2D eigenvalue weighted by atomic mass is 9.95. The van der Waals surface area contributed by atoms with Crippen molar-refractivity contribution in [1.82, 2.24) is 4.31 Å². The van der Waals surface area contributed by atoms with Crippen LogP contribution in [0.1, 0.15) is 32.1 Å². The molecule has 0 saturated heterocycles. The summed E-state index contributed by atoms with van der Waals surface area (Å²) in [6.07, 6.45) is 8.07. The van der Waals surface area contributed by atoms with Crippen molar-refractivity contribution in [3.63, 3.8) is 0 Å². The average Bonchev–Trinajstić information content (AvgIpc) is 3.09. The molecule has 0 N–H and O–H groups in total. The molecule has 1 aromatic rings. The lowest BCUT2D eigenvalue weighted by molar-refractivity contribution is -0.145. The van der Waals surface area contributed by atoms with Gasteiger partial charge in [-0.3, -0.25) is 4.79 Å². The maximum absolute atomic E-state index is 12.2. The first-order valence-corrected chi connectivity index (χ1v) is 10.1. The number of hydrogen-bond acceptors (Lipinski definition) is 5. The molecule has 0 saturated carbocycles. The Bertz CT molecular complexity index is 623. The molecule has 0 radical (unpaired) electrons. The van der Waals surface area contributed by atoms with Crippen molar-refractivity contribution < 1.29 is 17.9 Å². The Balaban J connectivity index is 1.67. The molecular formula is C16H23NO4S2. The Morgan fingerprint density at radius 2 is 2.26 bits per heavy atom. The standard InChI is InChI=1S/C16H23NO4S2/c1-17(23(19,20)16-10-6-12-22-16)11-5-9-15(18)21-13-14-7-3-2-4-8-14/h2-3,6,10,12,14H,4-5,7-9,11,13H2,1H3. The summed E-state index contributed by atoms with van der Waals surface area (Å²) in [4.78, 5) is 11.7. The van der Waals surface area contributed by atoms with E-state index in [2.05, 4.69) is 12.2 Å². The van der Waals surface area contributed by atoms with Crippen molar-refractivity contribution in [1.29, 1.82) is 0 Å². The quantitative estimate of drug-likeness (QED) is 0.530. The van der Waals surface area contributed by atoms with Crippen LogP contribution in [-0.2, 0) is 19.6 Å². The van der Waals surface area contributed by atoms with E-state index in [1.807, 2.05) is 0 Å². The second-order valence-corrected chi connectivity index (χ2v) is 8.92. The zero-order valence-electron chi connectivity index (χ0n) is 13.3. The first-order chi connectivity index (χ1) is 11.0.